The lowest BCUT2D eigenvalue weighted by Gasteiger charge is -2.22. The Morgan fingerprint density at radius 3 is 2.19 bits per heavy atom. The highest BCUT2D eigenvalue weighted by Gasteiger charge is 2.15. The smallest absolute Gasteiger partial charge is 0.407 e. The van der Waals surface area contributed by atoms with Crippen LogP contribution in [-0.2, 0) is 4.74 Å². The average molecular weight is 535 g/mol. The number of nitrogens with zero attached hydrogens (tertiary/aromatic N) is 1. The van der Waals surface area contributed by atoms with Crippen LogP contribution in [0.25, 0.3) is 0 Å². The number of carbonyl (C=O) groups excluding carboxylic acids is 1. The molecule has 0 spiro atoms. The van der Waals surface area contributed by atoms with E-state index < -0.39 is 5.60 Å². The topological polar surface area (TPSA) is 71.0 Å². The van der Waals surface area contributed by atoms with Gasteiger partial charge >= 0.3 is 6.09 Å². The van der Waals surface area contributed by atoms with Crippen molar-refractivity contribution in [1.29, 1.82) is 0 Å². The fraction of sp³-hybridized carbons (Fsp3) is 0.567. The predicted molar refractivity (Wildman–Crippen MR) is 158 cm³/mol. The zero-order valence-electron chi connectivity index (χ0n) is 24.5. The van der Waals surface area contributed by atoms with Crippen LogP contribution in [-0.4, -0.2) is 47.9 Å². The number of unbranched alkanes of at least 4 members (excludes halogenated alkanes) is 1. The van der Waals surface area contributed by atoms with Crippen molar-refractivity contribution in [3.8, 4) is 11.5 Å². The molecule has 0 aromatic heterocycles. The van der Waals surface area contributed by atoms with E-state index in [1.165, 1.54) is 5.56 Å². The maximum absolute atomic E-state index is 11.7. The number of nitrogens with one attached hydrogen (secondary N) is 1. The van der Waals surface area contributed by atoms with Crippen molar-refractivity contribution in [2.24, 2.45) is 5.92 Å². The Morgan fingerprint density at radius 2 is 1.70 bits per heavy atom. The van der Waals surface area contributed by atoms with Gasteiger partial charge in [-0.1, -0.05) is 63.6 Å². The molecule has 2 rings (SSSR count). The Bertz CT molecular complexity index is 854. The second-order valence-corrected chi connectivity index (χ2v) is 11.0. The third-order valence-corrected chi connectivity index (χ3v) is 5.87. The first kappa shape index (κ1) is 34.6. The van der Waals surface area contributed by atoms with E-state index in [9.17, 15) is 9.90 Å². The minimum absolute atomic E-state index is 0.151. The van der Waals surface area contributed by atoms with Crippen molar-refractivity contribution in [3.05, 3.63) is 54.1 Å². The van der Waals surface area contributed by atoms with E-state index >= 15 is 0 Å². The molecule has 0 saturated carbocycles. The molecule has 0 heterocycles. The Morgan fingerprint density at radius 1 is 1.05 bits per heavy atom. The molecule has 2 aromatic carbocycles. The number of carbonyl (C=O) groups is 1. The first-order valence-corrected chi connectivity index (χ1v) is 14.1. The van der Waals surface area contributed by atoms with Gasteiger partial charge in [0.05, 0.1) is 7.11 Å². The summed E-state index contributed by atoms with van der Waals surface area (Å²) in [6.45, 7) is 18.5. The fourth-order valence-electron chi connectivity index (χ4n) is 2.93. The van der Waals surface area contributed by atoms with Gasteiger partial charge in [-0.3, -0.25) is 0 Å². The molecule has 6 nitrogen and oxygen atoms in total. The van der Waals surface area contributed by atoms with Crippen molar-refractivity contribution in [1.82, 2.24) is 9.62 Å². The van der Waals surface area contributed by atoms with Gasteiger partial charge in [0.15, 0.2) is 11.5 Å². The quantitative estimate of drug-likeness (QED) is 0.224. The number of phenols is 1. The maximum Gasteiger partial charge on any atom is 0.407 e. The summed E-state index contributed by atoms with van der Waals surface area (Å²) < 4.78 is 12.7. The predicted octanol–water partition coefficient (Wildman–Crippen LogP) is 8.08. The molecule has 0 fully saturated rings. The number of phenolic OH excluding ortho intramolecular Hbond substituents is 1. The van der Waals surface area contributed by atoms with Crippen molar-refractivity contribution in [2.75, 3.05) is 26.7 Å². The Hall–Kier alpha value is -2.38. The second kappa shape index (κ2) is 19.7. The van der Waals surface area contributed by atoms with E-state index in [1.807, 2.05) is 58.9 Å². The van der Waals surface area contributed by atoms with Gasteiger partial charge in [-0.15, -0.1) is 0 Å². The normalized spacial score (nSPS) is 10.7. The van der Waals surface area contributed by atoms with Crippen LogP contribution < -0.4 is 10.1 Å². The largest absolute Gasteiger partial charge is 0.504 e. The van der Waals surface area contributed by atoms with E-state index in [4.69, 9.17) is 9.47 Å². The number of methoxy groups -OCH3 is 1. The number of ether oxygens (including phenoxy) is 2. The Balaban J connectivity index is 0.00000121. The highest BCUT2D eigenvalue weighted by atomic mass is 32.2. The first-order chi connectivity index (χ1) is 17.5. The molecule has 0 saturated heterocycles. The lowest BCUT2D eigenvalue weighted by atomic mass is 10.1. The summed E-state index contributed by atoms with van der Waals surface area (Å²) in [6, 6.07) is 15.7. The molecule has 1 amide bonds. The number of alkyl carbamates (subject to hydrolysis) is 1. The summed E-state index contributed by atoms with van der Waals surface area (Å²) in [4.78, 5) is 12.7. The van der Waals surface area contributed by atoms with Crippen LogP contribution >= 0.6 is 11.9 Å². The Labute approximate surface area is 230 Å². The van der Waals surface area contributed by atoms with Crippen LogP contribution in [0.15, 0.2) is 53.4 Å². The molecule has 37 heavy (non-hydrogen) atoms. The van der Waals surface area contributed by atoms with Crippen molar-refractivity contribution < 1.29 is 19.4 Å². The second-order valence-electron chi connectivity index (χ2n) is 9.83. The van der Waals surface area contributed by atoms with Crippen molar-refractivity contribution >= 4 is 18.0 Å². The molecule has 0 aliphatic rings. The SMILES string of the molecule is CC.COc1ccc(SN(CCCCNC(=O)OC(C)(C)C)CCC(C)C)cc1O.Cc1ccccc1. The van der Waals surface area contributed by atoms with E-state index in [-0.39, 0.29) is 11.8 Å². The van der Waals surface area contributed by atoms with Gasteiger partial charge in [-0.25, -0.2) is 9.10 Å². The lowest BCUT2D eigenvalue weighted by molar-refractivity contribution is 0.0527. The van der Waals surface area contributed by atoms with Gasteiger partial charge in [-0.05, 0) is 83.0 Å². The molecule has 0 atom stereocenters. The number of aryl methyl sites for hydroxylation is 1. The minimum Gasteiger partial charge on any atom is -0.504 e. The molecule has 210 valence electrons. The first-order valence-electron chi connectivity index (χ1n) is 13.3. The molecule has 0 aliphatic heterocycles. The van der Waals surface area contributed by atoms with Crippen molar-refractivity contribution in [2.45, 2.75) is 85.1 Å². The molecule has 0 radical (unpaired) electrons. The highest BCUT2D eigenvalue weighted by Crippen LogP contribution is 2.32. The maximum atomic E-state index is 11.7. The van der Waals surface area contributed by atoms with Crippen molar-refractivity contribution in [3.63, 3.8) is 0 Å². The molecule has 2 aromatic rings. The van der Waals surface area contributed by atoms with Gasteiger partial charge in [0.1, 0.15) is 5.60 Å². The van der Waals surface area contributed by atoms with Crippen LogP contribution in [0.1, 0.15) is 73.3 Å². The lowest BCUT2D eigenvalue weighted by Crippen LogP contribution is -2.33. The molecule has 0 unspecified atom stereocenters. The monoisotopic (exact) mass is 534 g/mol. The molecular formula is C30H50N2O4S. The van der Waals surface area contributed by atoms with Crippen LogP contribution in [0.3, 0.4) is 0 Å². The molecular weight excluding hydrogens is 484 g/mol. The third-order valence-electron chi connectivity index (χ3n) is 4.78. The molecule has 0 bridgehead atoms. The third kappa shape index (κ3) is 18.5. The highest BCUT2D eigenvalue weighted by molar-refractivity contribution is 7.97. The van der Waals surface area contributed by atoms with E-state index in [0.29, 0.717) is 18.2 Å². The number of hydrogen-bond acceptors (Lipinski definition) is 6. The van der Waals surface area contributed by atoms with Gasteiger partial charge < -0.3 is 19.9 Å². The molecule has 2 N–H and O–H groups in total. The summed E-state index contributed by atoms with van der Waals surface area (Å²) in [6.07, 6.45) is 2.58. The summed E-state index contributed by atoms with van der Waals surface area (Å²) in [5.74, 6) is 1.25. The van der Waals surface area contributed by atoms with E-state index in [2.05, 4.69) is 42.5 Å². The zero-order valence-corrected chi connectivity index (χ0v) is 25.3. The number of hydrogen-bond donors (Lipinski definition) is 2. The minimum atomic E-state index is -0.474. The van der Waals surface area contributed by atoms with Crippen LogP contribution in [0.2, 0.25) is 0 Å². The zero-order chi connectivity index (χ0) is 28.3. The fourth-order valence-corrected chi connectivity index (χ4v) is 3.94. The van der Waals surface area contributed by atoms with Crippen LogP contribution in [0.5, 0.6) is 11.5 Å². The molecule has 7 heteroatoms. The van der Waals surface area contributed by atoms with Gasteiger partial charge in [0.25, 0.3) is 0 Å². The number of aromatic hydroxyl groups is 1. The van der Waals surface area contributed by atoms with E-state index in [1.54, 1.807) is 31.2 Å². The number of benzene rings is 2. The van der Waals surface area contributed by atoms with Gasteiger partial charge in [0, 0.05) is 24.5 Å². The van der Waals surface area contributed by atoms with Gasteiger partial charge in [0.2, 0.25) is 0 Å². The van der Waals surface area contributed by atoms with Gasteiger partial charge in [-0.2, -0.15) is 0 Å². The summed E-state index contributed by atoms with van der Waals surface area (Å²) in [7, 11) is 1.54. The molecule has 0 aliphatic carbocycles. The number of rotatable bonds is 11. The standard InChI is InChI=1S/C21H36N2O4S.C7H8.C2H6/c1-16(2)11-14-23(28-17-9-10-19(26-6)18(24)15-17)13-8-7-12-22-20(25)27-21(3,4)5;1-7-5-3-2-4-6-7;1-2/h9-10,15-16,24H,7-8,11-14H2,1-6H3,(H,22,25);2-6H,1H3;1-2H3. The Kier molecular flexibility index (Phi) is 18.4. The summed E-state index contributed by atoms with van der Waals surface area (Å²) in [5.41, 5.74) is 0.848. The summed E-state index contributed by atoms with van der Waals surface area (Å²) >= 11 is 1.64. The van der Waals surface area contributed by atoms with Crippen LogP contribution in [0.4, 0.5) is 4.79 Å². The van der Waals surface area contributed by atoms with E-state index in [0.717, 1.165) is 37.2 Å². The summed E-state index contributed by atoms with van der Waals surface area (Å²) in [5, 5.41) is 12.8. The average Bonchev–Trinajstić information content (AvgIpc) is 2.83. The number of amides is 1. The van der Waals surface area contributed by atoms with Crippen LogP contribution in [0, 0.1) is 12.8 Å².